The van der Waals surface area contributed by atoms with Crippen molar-refractivity contribution in [3.05, 3.63) is 64.7 Å². The van der Waals surface area contributed by atoms with E-state index in [-0.39, 0.29) is 6.42 Å². The van der Waals surface area contributed by atoms with Crippen molar-refractivity contribution in [1.82, 2.24) is 10.6 Å². The van der Waals surface area contributed by atoms with E-state index < -0.39 is 48.5 Å². The van der Waals surface area contributed by atoms with Crippen molar-refractivity contribution >= 4 is 23.4 Å². The van der Waals surface area contributed by atoms with Gasteiger partial charge in [-0.25, -0.2) is 0 Å². The van der Waals surface area contributed by atoms with E-state index in [0.29, 0.717) is 16.3 Å². The van der Waals surface area contributed by atoms with Gasteiger partial charge in [-0.1, -0.05) is 49.7 Å². The highest BCUT2D eigenvalue weighted by molar-refractivity contribution is 6.30. The summed E-state index contributed by atoms with van der Waals surface area (Å²) in [6, 6.07) is 9.71. The number of carbonyl (C=O) groups excluding carboxylic acids is 2. The van der Waals surface area contributed by atoms with E-state index in [1.165, 1.54) is 7.11 Å². The van der Waals surface area contributed by atoms with Gasteiger partial charge in [-0.15, -0.1) is 0 Å². The average molecular weight is 500 g/mol. The van der Waals surface area contributed by atoms with Crippen molar-refractivity contribution in [1.29, 1.82) is 0 Å². The molecular formula is C24H29ClF3N3O3. The van der Waals surface area contributed by atoms with Crippen LogP contribution in [0.3, 0.4) is 0 Å². The third-order valence-electron chi connectivity index (χ3n) is 5.26. The zero-order valence-electron chi connectivity index (χ0n) is 19.2. The number of nitrogens with two attached hydrogens (primary N) is 1. The maximum absolute atomic E-state index is 13.1. The van der Waals surface area contributed by atoms with Crippen LogP contribution in [0.5, 0.6) is 5.75 Å². The van der Waals surface area contributed by atoms with Gasteiger partial charge in [0.05, 0.1) is 19.6 Å². The quantitative estimate of drug-likeness (QED) is 0.457. The fourth-order valence-corrected chi connectivity index (χ4v) is 3.54. The van der Waals surface area contributed by atoms with Gasteiger partial charge in [0.1, 0.15) is 11.8 Å². The molecule has 2 unspecified atom stereocenters. The van der Waals surface area contributed by atoms with E-state index >= 15 is 0 Å². The first-order chi connectivity index (χ1) is 15.9. The molecule has 0 aliphatic rings. The summed E-state index contributed by atoms with van der Waals surface area (Å²) in [4.78, 5) is 25.9. The van der Waals surface area contributed by atoms with Gasteiger partial charge < -0.3 is 21.1 Å². The second-order valence-electron chi connectivity index (χ2n) is 8.33. The van der Waals surface area contributed by atoms with Crippen LogP contribution in [0.15, 0.2) is 48.5 Å². The molecule has 6 nitrogen and oxygen atoms in total. The Bertz CT molecular complexity index is 968. The van der Waals surface area contributed by atoms with Crippen LogP contribution in [-0.4, -0.2) is 37.2 Å². The van der Waals surface area contributed by atoms with Crippen LogP contribution in [0, 0.1) is 5.92 Å². The van der Waals surface area contributed by atoms with Crippen LogP contribution in [-0.2, 0) is 16.0 Å². The Hall–Kier alpha value is -2.78. The Balaban J connectivity index is 2.24. The first-order valence-electron chi connectivity index (χ1n) is 10.7. The summed E-state index contributed by atoms with van der Waals surface area (Å²) in [6.07, 6.45) is -5.49. The third-order valence-corrected chi connectivity index (χ3v) is 5.50. The molecule has 0 bridgehead atoms. The molecule has 34 heavy (non-hydrogen) atoms. The maximum Gasteiger partial charge on any atom is 0.391 e. The molecule has 0 fully saturated rings. The van der Waals surface area contributed by atoms with Gasteiger partial charge in [-0.05, 0) is 47.7 Å². The van der Waals surface area contributed by atoms with E-state index in [1.807, 2.05) is 0 Å². The number of ether oxygens (including phenoxy) is 1. The average Bonchev–Trinajstić information content (AvgIpc) is 2.75. The SMILES string of the molecule is COc1ccc(C(NC(=O)C(N)Cc2cccc(Cl)c2)C(=O)N[C@H](CC(F)(F)F)C(C)C)cc1. The van der Waals surface area contributed by atoms with Crippen molar-refractivity contribution in [3.8, 4) is 5.75 Å². The lowest BCUT2D eigenvalue weighted by Crippen LogP contribution is -2.50. The minimum absolute atomic E-state index is 0.159. The van der Waals surface area contributed by atoms with Gasteiger partial charge in [0.25, 0.3) is 0 Å². The number of hydrogen-bond acceptors (Lipinski definition) is 4. The summed E-state index contributed by atoms with van der Waals surface area (Å²) in [7, 11) is 1.47. The summed E-state index contributed by atoms with van der Waals surface area (Å²) in [5.74, 6) is -1.36. The minimum Gasteiger partial charge on any atom is -0.497 e. The first kappa shape index (κ1) is 27.5. The predicted molar refractivity (Wildman–Crippen MR) is 124 cm³/mol. The second kappa shape index (κ2) is 12.1. The van der Waals surface area contributed by atoms with Crippen LogP contribution < -0.4 is 21.1 Å². The molecule has 10 heteroatoms. The van der Waals surface area contributed by atoms with Crippen molar-refractivity contribution < 1.29 is 27.5 Å². The summed E-state index contributed by atoms with van der Waals surface area (Å²) >= 11 is 5.97. The van der Waals surface area contributed by atoms with Crippen LogP contribution >= 0.6 is 11.6 Å². The largest absolute Gasteiger partial charge is 0.497 e. The molecule has 0 aliphatic heterocycles. The van der Waals surface area contributed by atoms with E-state index in [4.69, 9.17) is 22.1 Å². The second-order valence-corrected chi connectivity index (χ2v) is 8.77. The number of nitrogens with one attached hydrogen (secondary N) is 2. The smallest absolute Gasteiger partial charge is 0.391 e. The van der Waals surface area contributed by atoms with E-state index in [0.717, 1.165) is 5.56 Å². The van der Waals surface area contributed by atoms with Gasteiger partial charge in [0.2, 0.25) is 11.8 Å². The van der Waals surface area contributed by atoms with Crippen molar-refractivity contribution in [2.45, 2.75) is 51.0 Å². The number of halogens is 4. The number of amides is 2. The Morgan fingerprint density at radius 3 is 2.24 bits per heavy atom. The molecule has 3 atom stereocenters. The monoisotopic (exact) mass is 499 g/mol. The first-order valence-corrected chi connectivity index (χ1v) is 11.1. The third kappa shape index (κ3) is 8.53. The molecule has 0 aromatic heterocycles. The molecule has 0 heterocycles. The van der Waals surface area contributed by atoms with Gasteiger partial charge in [0.15, 0.2) is 0 Å². The van der Waals surface area contributed by atoms with Crippen LogP contribution in [0.4, 0.5) is 13.2 Å². The fraction of sp³-hybridized carbons (Fsp3) is 0.417. The Labute approximate surface area is 202 Å². The van der Waals surface area contributed by atoms with Crippen LogP contribution in [0.1, 0.15) is 37.4 Å². The zero-order valence-corrected chi connectivity index (χ0v) is 19.9. The van der Waals surface area contributed by atoms with E-state index in [9.17, 15) is 22.8 Å². The molecule has 2 aromatic carbocycles. The topological polar surface area (TPSA) is 93.4 Å². The normalized spacial score (nSPS) is 14.3. The molecule has 2 aromatic rings. The van der Waals surface area contributed by atoms with Crippen LogP contribution in [0.25, 0.3) is 0 Å². The standard InChI is InChI=1S/C24H29ClF3N3O3/c1-14(2)20(13-24(26,27)28)30-23(33)21(16-7-9-18(34-3)10-8-16)31-22(32)19(29)12-15-5-4-6-17(25)11-15/h4-11,14,19-21H,12-13,29H2,1-3H3,(H,30,33)(H,31,32)/t19?,20-,21?/m1/s1. The molecule has 0 saturated heterocycles. The lowest BCUT2D eigenvalue weighted by atomic mass is 9.98. The molecule has 0 aliphatic carbocycles. The Kier molecular flexibility index (Phi) is 9.76. The van der Waals surface area contributed by atoms with Crippen molar-refractivity contribution in [2.75, 3.05) is 7.11 Å². The Morgan fingerprint density at radius 1 is 1.06 bits per heavy atom. The molecule has 2 rings (SSSR count). The molecule has 0 saturated carbocycles. The van der Waals surface area contributed by atoms with Gasteiger partial charge in [-0.2, -0.15) is 13.2 Å². The molecule has 0 spiro atoms. The lowest BCUT2D eigenvalue weighted by molar-refractivity contribution is -0.145. The van der Waals surface area contributed by atoms with Crippen molar-refractivity contribution in [2.24, 2.45) is 11.7 Å². The lowest BCUT2D eigenvalue weighted by Gasteiger charge is -2.27. The molecule has 2 amide bonds. The summed E-state index contributed by atoms with van der Waals surface area (Å²) in [6.45, 7) is 3.16. The maximum atomic E-state index is 13.1. The number of hydrogen-bond donors (Lipinski definition) is 3. The van der Waals surface area contributed by atoms with Crippen LogP contribution in [0.2, 0.25) is 5.02 Å². The highest BCUT2D eigenvalue weighted by Gasteiger charge is 2.35. The molecular weight excluding hydrogens is 471 g/mol. The Morgan fingerprint density at radius 2 is 1.71 bits per heavy atom. The van der Waals surface area contributed by atoms with E-state index in [1.54, 1.807) is 62.4 Å². The number of rotatable bonds is 10. The van der Waals surface area contributed by atoms with Gasteiger partial charge >= 0.3 is 6.18 Å². The van der Waals surface area contributed by atoms with Gasteiger partial charge in [0, 0.05) is 11.1 Å². The predicted octanol–water partition coefficient (Wildman–Crippen LogP) is 4.17. The molecule has 0 radical (unpaired) electrons. The minimum atomic E-state index is -4.46. The number of carbonyl (C=O) groups is 2. The fourth-order valence-electron chi connectivity index (χ4n) is 3.33. The number of alkyl halides is 3. The molecule has 4 N–H and O–H groups in total. The zero-order chi connectivity index (χ0) is 25.5. The summed E-state index contributed by atoms with van der Waals surface area (Å²) in [5, 5.41) is 5.51. The number of methoxy groups -OCH3 is 1. The summed E-state index contributed by atoms with van der Waals surface area (Å²) < 4.78 is 44.2. The molecule has 186 valence electrons. The highest BCUT2D eigenvalue weighted by Crippen LogP contribution is 2.26. The van der Waals surface area contributed by atoms with E-state index in [2.05, 4.69) is 10.6 Å². The van der Waals surface area contributed by atoms with Crippen molar-refractivity contribution in [3.63, 3.8) is 0 Å². The summed E-state index contributed by atoms with van der Waals surface area (Å²) in [5.41, 5.74) is 7.15. The highest BCUT2D eigenvalue weighted by atomic mass is 35.5. The van der Waals surface area contributed by atoms with Gasteiger partial charge in [-0.3, -0.25) is 9.59 Å². The number of benzene rings is 2.